The summed E-state index contributed by atoms with van der Waals surface area (Å²) in [6.45, 7) is 4.71. The van der Waals surface area contributed by atoms with Gasteiger partial charge in [0.05, 0.1) is 0 Å². The maximum atomic E-state index is 13.1. The number of hydrogen-bond acceptors (Lipinski definition) is 3. The lowest BCUT2D eigenvalue weighted by Gasteiger charge is -2.31. The first-order chi connectivity index (χ1) is 10.6. The van der Waals surface area contributed by atoms with Crippen molar-refractivity contribution < 1.29 is 18.7 Å². The average molecular weight is 306 g/mol. The summed E-state index contributed by atoms with van der Waals surface area (Å²) < 4.78 is 18.1. The first-order valence-corrected chi connectivity index (χ1v) is 7.19. The minimum absolute atomic E-state index is 0.0285. The number of nitrogens with zero attached hydrogens (tertiary/aromatic N) is 1. The molecule has 0 aliphatic carbocycles. The van der Waals surface area contributed by atoms with Gasteiger partial charge in [0.25, 0.3) is 5.91 Å². The number of carbonyl (C=O) groups excluding carboxylic acids is 2. The fraction of sp³-hybridized carbons (Fsp3) is 0.375. The lowest BCUT2D eigenvalue weighted by molar-refractivity contribution is 0.0873. The van der Waals surface area contributed by atoms with Crippen molar-refractivity contribution in [3.8, 4) is 0 Å². The highest BCUT2D eigenvalue weighted by atomic mass is 19.1. The van der Waals surface area contributed by atoms with E-state index in [4.69, 9.17) is 4.74 Å². The lowest BCUT2D eigenvalue weighted by Crippen LogP contribution is -2.46. The van der Waals surface area contributed by atoms with Gasteiger partial charge in [-0.25, -0.2) is 9.18 Å². The van der Waals surface area contributed by atoms with E-state index in [9.17, 15) is 14.0 Å². The minimum atomic E-state index is -0.438. The molecule has 22 heavy (non-hydrogen) atoms. The molecule has 118 valence electrons. The van der Waals surface area contributed by atoms with E-state index >= 15 is 0 Å². The van der Waals surface area contributed by atoms with Gasteiger partial charge in [0.1, 0.15) is 12.4 Å². The summed E-state index contributed by atoms with van der Waals surface area (Å²) in [5.41, 5.74) is 0.299. The number of benzene rings is 1. The summed E-state index contributed by atoms with van der Waals surface area (Å²) in [4.78, 5) is 25.3. The van der Waals surface area contributed by atoms with Gasteiger partial charge in [0.15, 0.2) is 0 Å². The molecular weight excluding hydrogens is 287 g/mol. The molecule has 6 heteroatoms. The molecule has 1 aliphatic rings. The largest absolute Gasteiger partial charge is 0.445 e. The first-order valence-electron chi connectivity index (χ1n) is 7.19. The second-order valence-electron chi connectivity index (χ2n) is 5.11. The lowest BCUT2D eigenvalue weighted by atomic mass is 10.0. The van der Waals surface area contributed by atoms with E-state index < -0.39 is 5.82 Å². The monoisotopic (exact) mass is 306 g/mol. The van der Waals surface area contributed by atoms with Gasteiger partial charge in [0.2, 0.25) is 0 Å². The molecule has 1 fully saturated rings. The topological polar surface area (TPSA) is 58.6 Å². The van der Waals surface area contributed by atoms with Crippen LogP contribution in [0.3, 0.4) is 0 Å². The van der Waals surface area contributed by atoms with Gasteiger partial charge in [-0.3, -0.25) is 4.79 Å². The van der Waals surface area contributed by atoms with Crippen molar-refractivity contribution in [1.82, 2.24) is 10.2 Å². The van der Waals surface area contributed by atoms with E-state index in [2.05, 4.69) is 11.9 Å². The van der Waals surface area contributed by atoms with Crippen LogP contribution in [-0.4, -0.2) is 42.6 Å². The van der Waals surface area contributed by atoms with Gasteiger partial charge in [0, 0.05) is 24.7 Å². The van der Waals surface area contributed by atoms with Gasteiger partial charge in [-0.15, -0.1) is 0 Å². The molecule has 0 atom stereocenters. The Hall–Kier alpha value is -2.37. The third kappa shape index (κ3) is 4.31. The van der Waals surface area contributed by atoms with Crippen LogP contribution in [0.1, 0.15) is 23.2 Å². The number of ether oxygens (including phenoxy) is 1. The van der Waals surface area contributed by atoms with Crippen molar-refractivity contribution in [2.45, 2.75) is 18.9 Å². The van der Waals surface area contributed by atoms with E-state index in [-0.39, 0.29) is 24.6 Å². The summed E-state index contributed by atoms with van der Waals surface area (Å²) in [5.74, 6) is -0.736. The summed E-state index contributed by atoms with van der Waals surface area (Å²) in [6, 6.07) is 5.54. The molecule has 1 heterocycles. The molecule has 0 radical (unpaired) electrons. The zero-order chi connectivity index (χ0) is 15.9. The average Bonchev–Trinajstić information content (AvgIpc) is 2.53. The van der Waals surface area contributed by atoms with Gasteiger partial charge < -0.3 is 15.0 Å². The van der Waals surface area contributed by atoms with E-state index in [1.165, 1.54) is 24.3 Å². The van der Waals surface area contributed by atoms with Crippen LogP contribution < -0.4 is 5.32 Å². The molecule has 1 aliphatic heterocycles. The van der Waals surface area contributed by atoms with Crippen LogP contribution in [0.5, 0.6) is 0 Å². The van der Waals surface area contributed by atoms with Crippen molar-refractivity contribution in [3.63, 3.8) is 0 Å². The van der Waals surface area contributed by atoms with Crippen molar-refractivity contribution in [3.05, 3.63) is 48.3 Å². The van der Waals surface area contributed by atoms with Crippen LogP contribution in [0, 0.1) is 5.82 Å². The molecule has 1 N–H and O–H groups in total. The van der Waals surface area contributed by atoms with Gasteiger partial charge in [-0.2, -0.15) is 0 Å². The van der Waals surface area contributed by atoms with E-state index in [0.717, 1.165) is 0 Å². The van der Waals surface area contributed by atoms with Crippen molar-refractivity contribution >= 4 is 12.0 Å². The van der Waals surface area contributed by atoms with Crippen LogP contribution in [-0.2, 0) is 4.74 Å². The summed E-state index contributed by atoms with van der Waals surface area (Å²) in [5, 5.41) is 2.86. The fourth-order valence-electron chi connectivity index (χ4n) is 2.33. The molecule has 0 spiro atoms. The first kappa shape index (κ1) is 16.0. The Balaban J connectivity index is 1.81. The highest BCUT2D eigenvalue weighted by Gasteiger charge is 2.24. The van der Waals surface area contributed by atoms with Crippen LogP contribution in [0.4, 0.5) is 9.18 Å². The van der Waals surface area contributed by atoms with Crippen molar-refractivity contribution in [2.75, 3.05) is 19.7 Å². The number of carbonyl (C=O) groups is 2. The van der Waals surface area contributed by atoms with E-state index in [0.29, 0.717) is 31.5 Å². The maximum absolute atomic E-state index is 13.1. The number of halogens is 1. The fourth-order valence-corrected chi connectivity index (χ4v) is 2.33. The number of rotatable bonds is 4. The third-order valence-corrected chi connectivity index (χ3v) is 3.50. The Morgan fingerprint density at radius 2 is 2.14 bits per heavy atom. The Bertz CT molecular complexity index is 554. The Morgan fingerprint density at radius 3 is 2.77 bits per heavy atom. The zero-order valence-electron chi connectivity index (χ0n) is 12.3. The molecule has 0 aromatic heterocycles. The number of hydrogen-bond donors (Lipinski definition) is 1. The highest BCUT2D eigenvalue weighted by molar-refractivity contribution is 5.94. The minimum Gasteiger partial charge on any atom is -0.445 e. The number of amides is 2. The molecule has 2 rings (SSSR count). The molecule has 1 aromatic carbocycles. The molecule has 0 unspecified atom stereocenters. The molecular formula is C16H19FN2O3. The van der Waals surface area contributed by atoms with Crippen LogP contribution >= 0.6 is 0 Å². The van der Waals surface area contributed by atoms with E-state index in [1.807, 2.05) is 0 Å². The molecule has 0 bridgehead atoms. The predicted octanol–water partition coefficient (Wildman–Crippen LogP) is 2.34. The summed E-state index contributed by atoms with van der Waals surface area (Å²) in [6.07, 6.45) is 2.44. The molecule has 1 saturated heterocycles. The second kappa shape index (κ2) is 7.59. The Kier molecular flexibility index (Phi) is 5.52. The molecule has 2 amide bonds. The van der Waals surface area contributed by atoms with E-state index in [1.54, 1.807) is 11.0 Å². The quantitative estimate of drug-likeness (QED) is 0.869. The van der Waals surface area contributed by atoms with Crippen molar-refractivity contribution in [2.24, 2.45) is 0 Å². The van der Waals surface area contributed by atoms with Crippen LogP contribution in [0.2, 0.25) is 0 Å². The SMILES string of the molecule is C=CCOC(=O)N1CCC(NC(=O)c2cccc(F)c2)CC1. The highest BCUT2D eigenvalue weighted by Crippen LogP contribution is 2.13. The van der Waals surface area contributed by atoms with Gasteiger partial charge in [-0.1, -0.05) is 18.7 Å². The predicted molar refractivity (Wildman–Crippen MR) is 80.0 cm³/mol. The number of likely N-dealkylation sites (tertiary alicyclic amines) is 1. The maximum Gasteiger partial charge on any atom is 0.410 e. The Morgan fingerprint density at radius 1 is 1.41 bits per heavy atom. The van der Waals surface area contributed by atoms with Gasteiger partial charge >= 0.3 is 6.09 Å². The standard InChI is InChI=1S/C16H19FN2O3/c1-2-10-22-16(21)19-8-6-14(7-9-19)18-15(20)12-4-3-5-13(17)11-12/h2-5,11,14H,1,6-10H2,(H,18,20). The smallest absolute Gasteiger partial charge is 0.410 e. The van der Waals surface area contributed by atoms with Crippen LogP contribution in [0.25, 0.3) is 0 Å². The zero-order valence-corrected chi connectivity index (χ0v) is 12.3. The molecule has 0 saturated carbocycles. The molecule has 1 aromatic rings. The third-order valence-electron chi connectivity index (χ3n) is 3.50. The van der Waals surface area contributed by atoms with Gasteiger partial charge in [-0.05, 0) is 31.0 Å². The molecule has 5 nitrogen and oxygen atoms in total. The Labute approximate surface area is 128 Å². The normalized spacial score (nSPS) is 15.2. The summed E-state index contributed by atoms with van der Waals surface area (Å²) in [7, 11) is 0. The summed E-state index contributed by atoms with van der Waals surface area (Å²) >= 11 is 0. The van der Waals surface area contributed by atoms with Crippen molar-refractivity contribution in [1.29, 1.82) is 0 Å². The number of piperidine rings is 1. The second-order valence-corrected chi connectivity index (χ2v) is 5.11. The number of nitrogens with one attached hydrogen (secondary N) is 1. The van der Waals surface area contributed by atoms with Crippen LogP contribution in [0.15, 0.2) is 36.9 Å².